The fourth-order valence-electron chi connectivity index (χ4n) is 2.42. The Morgan fingerprint density at radius 1 is 1.41 bits per heavy atom. The lowest BCUT2D eigenvalue weighted by atomic mass is 10.2. The maximum absolute atomic E-state index is 12.7. The van der Waals surface area contributed by atoms with Gasteiger partial charge in [0.25, 0.3) is 0 Å². The zero-order valence-electron chi connectivity index (χ0n) is 12.0. The number of ether oxygens (including phenoxy) is 1. The van der Waals surface area contributed by atoms with Crippen LogP contribution in [0.1, 0.15) is 6.42 Å². The maximum atomic E-state index is 12.7. The molecule has 10 heteroatoms. The second-order valence-electron chi connectivity index (χ2n) is 5.13. The number of halogens is 1. The van der Waals surface area contributed by atoms with Gasteiger partial charge in [-0.2, -0.15) is 0 Å². The molecule has 0 radical (unpaired) electrons. The number of methoxy groups -OCH3 is 1. The summed E-state index contributed by atoms with van der Waals surface area (Å²) in [6, 6.07) is 2.33. The topological polar surface area (TPSA) is 89.5 Å². The number of nitrogens with one attached hydrogen (secondary N) is 1. The van der Waals surface area contributed by atoms with Gasteiger partial charge in [0.15, 0.2) is 19.7 Å². The normalized spacial score (nSPS) is 24.6. The Morgan fingerprint density at radius 2 is 2.14 bits per heavy atom. The van der Waals surface area contributed by atoms with Crippen LogP contribution in [0.3, 0.4) is 0 Å². The quantitative estimate of drug-likeness (QED) is 0.701. The Labute approximate surface area is 139 Å². The van der Waals surface area contributed by atoms with Crippen LogP contribution in [-0.4, -0.2) is 59.9 Å². The van der Waals surface area contributed by atoms with E-state index >= 15 is 0 Å². The van der Waals surface area contributed by atoms with E-state index in [4.69, 9.17) is 16.3 Å². The van der Waals surface area contributed by atoms with Gasteiger partial charge in [0.2, 0.25) is 0 Å². The fourth-order valence-corrected chi connectivity index (χ4v) is 8.84. The van der Waals surface area contributed by atoms with Gasteiger partial charge in [-0.25, -0.2) is 16.8 Å². The fraction of sp³-hybridized carbons (Fsp3) is 0.667. The van der Waals surface area contributed by atoms with Crippen LogP contribution in [0.5, 0.6) is 0 Å². The van der Waals surface area contributed by atoms with Crippen molar-refractivity contribution in [1.82, 2.24) is 5.32 Å². The highest BCUT2D eigenvalue weighted by Gasteiger charge is 2.46. The average Bonchev–Trinajstić information content (AvgIpc) is 2.99. The van der Waals surface area contributed by atoms with Crippen LogP contribution in [0.15, 0.2) is 16.3 Å². The van der Waals surface area contributed by atoms with E-state index in [1.807, 2.05) is 0 Å². The van der Waals surface area contributed by atoms with E-state index in [9.17, 15) is 16.8 Å². The molecule has 0 amide bonds. The Morgan fingerprint density at radius 3 is 2.73 bits per heavy atom. The molecule has 1 aliphatic rings. The van der Waals surface area contributed by atoms with Crippen LogP contribution in [0.4, 0.5) is 0 Å². The monoisotopic (exact) mass is 387 g/mol. The Bertz CT molecular complexity index is 713. The third kappa shape index (κ3) is 4.21. The first-order chi connectivity index (χ1) is 10.3. The second-order valence-corrected chi connectivity index (χ2v) is 11.4. The summed E-state index contributed by atoms with van der Waals surface area (Å²) in [4.78, 5) is 0. The lowest BCUT2D eigenvalue weighted by molar-refractivity contribution is 0.193. The number of hydrogen-bond acceptors (Lipinski definition) is 7. The van der Waals surface area contributed by atoms with Gasteiger partial charge in [-0.1, -0.05) is 11.6 Å². The van der Waals surface area contributed by atoms with Gasteiger partial charge in [0, 0.05) is 19.8 Å². The van der Waals surface area contributed by atoms with Crippen LogP contribution < -0.4 is 5.32 Å². The van der Waals surface area contributed by atoms with Gasteiger partial charge in [-0.15, -0.1) is 11.3 Å². The first-order valence-corrected chi connectivity index (χ1v) is 11.2. The summed E-state index contributed by atoms with van der Waals surface area (Å²) in [7, 11) is -5.52. The molecule has 1 saturated heterocycles. The molecule has 0 saturated carbocycles. The molecule has 0 bridgehead atoms. The van der Waals surface area contributed by atoms with Gasteiger partial charge in [-0.3, -0.25) is 0 Å². The first kappa shape index (κ1) is 18.2. The van der Waals surface area contributed by atoms with E-state index in [0.29, 0.717) is 23.9 Å². The molecule has 1 aliphatic heterocycles. The molecule has 0 aliphatic carbocycles. The van der Waals surface area contributed by atoms with Crippen molar-refractivity contribution in [1.29, 1.82) is 0 Å². The van der Waals surface area contributed by atoms with E-state index in [-0.39, 0.29) is 15.7 Å². The maximum Gasteiger partial charge on any atom is 0.193 e. The van der Waals surface area contributed by atoms with Crippen molar-refractivity contribution in [3.8, 4) is 0 Å². The van der Waals surface area contributed by atoms with Crippen LogP contribution >= 0.6 is 22.9 Å². The Hall–Kier alpha value is -0.190. The van der Waals surface area contributed by atoms with Crippen LogP contribution in [0, 0.1) is 0 Å². The SMILES string of the molecule is COCCCN[C@H]1CS(=O)(=O)C[C@@H]1S(=O)(=O)c1ccc(Cl)s1. The summed E-state index contributed by atoms with van der Waals surface area (Å²) in [5, 5.41) is 2.06. The van der Waals surface area contributed by atoms with Crippen molar-refractivity contribution in [2.75, 3.05) is 31.8 Å². The molecule has 6 nitrogen and oxygen atoms in total. The molecule has 1 aromatic heterocycles. The van der Waals surface area contributed by atoms with Crippen molar-refractivity contribution in [3.63, 3.8) is 0 Å². The predicted molar refractivity (Wildman–Crippen MR) is 87.2 cm³/mol. The minimum Gasteiger partial charge on any atom is -0.385 e. The minimum atomic E-state index is -3.72. The second kappa shape index (κ2) is 7.14. The Kier molecular flexibility index (Phi) is 5.89. The standard InChI is InChI=1S/C12H18ClNO5S3/c1-19-6-2-5-14-9-7-21(15,16)8-10(9)22(17,18)12-4-3-11(13)20-12/h3-4,9-10,14H,2,5-8H2,1H3/t9-,10-/m0/s1. The van der Waals surface area contributed by atoms with Gasteiger partial charge < -0.3 is 10.1 Å². The van der Waals surface area contributed by atoms with Gasteiger partial charge in [0.1, 0.15) is 4.21 Å². The highest BCUT2D eigenvalue weighted by Crippen LogP contribution is 2.32. The number of rotatable bonds is 7. The lowest BCUT2D eigenvalue weighted by Gasteiger charge is -2.19. The van der Waals surface area contributed by atoms with Crippen LogP contribution in [0.2, 0.25) is 4.34 Å². The van der Waals surface area contributed by atoms with E-state index in [2.05, 4.69) is 5.32 Å². The average molecular weight is 388 g/mol. The number of sulfone groups is 2. The Balaban J connectivity index is 2.18. The van der Waals surface area contributed by atoms with Crippen molar-refractivity contribution >= 4 is 42.6 Å². The van der Waals surface area contributed by atoms with Crippen molar-refractivity contribution in [2.24, 2.45) is 0 Å². The minimum absolute atomic E-state index is 0.114. The third-order valence-electron chi connectivity index (χ3n) is 3.46. The first-order valence-electron chi connectivity index (χ1n) is 6.68. The van der Waals surface area contributed by atoms with Crippen molar-refractivity contribution in [3.05, 3.63) is 16.5 Å². The lowest BCUT2D eigenvalue weighted by Crippen LogP contribution is -2.43. The smallest absolute Gasteiger partial charge is 0.193 e. The third-order valence-corrected chi connectivity index (χ3v) is 9.37. The van der Waals surface area contributed by atoms with Crippen molar-refractivity contribution < 1.29 is 21.6 Å². The molecular formula is C12H18ClNO5S3. The highest BCUT2D eigenvalue weighted by molar-refractivity contribution is 7.97. The van der Waals surface area contributed by atoms with Crippen LogP contribution in [0.25, 0.3) is 0 Å². The summed E-state index contributed by atoms with van der Waals surface area (Å²) >= 11 is 6.74. The predicted octanol–water partition coefficient (Wildman–Crippen LogP) is 0.967. The molecule has 0 spiro atoms. The number of hydrogen-bond donors (Lipinski definition) is 1. The van der Waals surface area contributed by atoms with E-state index in [1.54, 1.807) is 7.11 Å². The van der Waals surface area contributed by atoms with Gasteiger partial charge >= 0.3 is 0 Å². The highest BCUT2D eigenvalue weighted by atomic mass is 35.5. The molecule has 126 valence electrons. The summed E-state index contributed by atoms with van der Waals surface area (Å²) in [5.74, 6) is -0.518. The largest absolute Gasteiger partial charge is 0.385 e. The van der Waals surface area contributed by atoms with E-state index in [0.717, 1.165) is 11.3 Å². The summed E-state index contributed by atoms with van der Waals surface area (Å²) < 4.78 is 54.5. The summed E-state index contributed by atoms with van der Waals surface area (Å²) in [5.41, 5.74) is 0. The summed E-state index contributed by atoms with van der Waals surface area (Å²) in [6.07, 6.45) is 0.685. The molecule has 0 aromatic carbocycles. The van der Waals surface area contributed by atoms with Crippen molar-refractivity contribution in [2.45, 2.75) is 21.9 Å². The summed E-state index contributed by atoms with van der Waals surface area (Å²) in [6.45, 7) is 1.04. The molecule has 2 rings (SSSR count). The van der Waals surface area contributed by atoms with E-state index < -0.39 is 31.0 Å². The molecule has 2 atom stereocenters. The molecule has 1 fully saturated rings. The molecule has 2 heterocycles. The molecule has 22 heavy (non-hydrogen) atoms. The molecular weight excluding hydrogens is 370 g/mol. The zero-order valence-corrected chi connectivity index (χ0v) is 15.2. The zero-order chi connectivity index (χ0) is 16.4. The molecule has 1 aromatic rings. The molecule has 0 unspecified atom stereocenters. The molecule has 1 N–H and O–H groups in total. The van der Waals surface area contributed by atoms with Crippen LogP contribution in [-0.2, 0) is 24.4 Å². The number of thiophene rings is 1. The van der Waals surface area contributed by atoms with Gasteiger partial charge in [-0.05, 0) is 25.1 Å². The van der Waals surface area contributed by atoms with Gasteiger partial charge in [0.05, 0.1) is 21.1 Å². The van der Waals surface area contributed by atoms with E-state index in [1.165, 1.54) is 12.1 Å².